The van der Waals surface area contributed by atoms with E-state index in [-0.39, 0.29) is 22.6 Å². The summed E-state index contributed by atoms with van der Waals surface area (Å²) in [4.78, 5) is 0. The molecule has 2 aromatic rings. The van der Waals surface area contributed by atoms with Crippen LogP contribution in [0, 0.1) is 0 Å². The van der Waals surface area contributed by atoms with Crippen molar-refractivity contribution in [3.63, 3.8) is 0 Å². The Hall–Kier alpha value is -2.19. The molecule has 2 atom stereocenters. The number of hydrogen-bond donors (Lipinski definition) is 4. The van der Waals surface area contributed by atoms with Gasteiger partial charge in [-0.05, 0) is 47.4 Å². The van der Waals surface area contributed by atoms with Crippen molar-refractivity contribution < 1.29 is 28.8 Å². The number of sulfone groups is 1. The summed E-state index contributed by atoms with van der Waals surface area (Å²) in [6.45, 7) is 0.960. The Balaban J connectivity index is 1.83. The van der Waals surface area contributed by atoms with Crippen molar-refractivity contribution in [3.05, 3.63) is 58.7 Å². The van der Waals surface area contributed by atoms with E-state index in [0.29, 0.717) is 12.8 Å². The predicted molar refractivity (Wildman–Crippen MR) is 118 cm³/mol. The Kier molecular flexibility index (Phi) is 6.98. The summed E-state index contributed by atoms with van der Waals surface area (Å²) in [7, 11) is -3.60. The Morgan fingerprint density at radius 3 is 2.50 bits per heavy atom. The first kappa shape index (κ1) is 22.5. The fourth-order valence-corrected chi connectivity index (χ4v) is 6.01. The van der Waals surface area contributed by atoms with Gasteiger partial charge in [0.25, 0.3) is 0 Å². The van der Waals surface area contributed by atoms with Crippen molar-refractivity contribution in [2.75, 3.05) is 19.0 Å². The fraction of sp³-hybridized carbons (Fsp3) is 0.391. The zero-order valence-electron chi connectivity index (χ0n) is 17.0. The molecular formula is C23H28O6S. The van der Waals surface area contributed by atoms with Crippen molar-refractivity contribution >= 4 is 26.7 Å². The number of rotatable bonds is 8. The minimum absolute atomic E-state index is 0.220. The maximum atomic E-state index is 12.2. The van der Waals surface area contributed by atoms with Gasteiger partial charge in [0.05, 0.1) is 25.1 Å². The first-order valence-electron chi connectivity index (χ1n) is 10.1. The van der Waals surface area contributed by atoms with Crippen molar-refractivity contribution in [2.45, 2.75) is 37.5 Å². The molecule has 0 unspecified atom stereocenters. The number of hydrogen-bond acceptors (Lipinski definition) is 6. The summed E-state index contributed by atoms with van der Waals surface area (Å²) in [6, 6.07) is 11.1. The van der Waals surface area contributed by atoms with Crippen LogP contribution in [0.1, 0.15) is 31.7 Å². The zero-order chi connectivity index (χ0) is 21.9. The molecule has 1 aliphatic heterocycles. The third-order valence-electron chi connectivity index (χ3n) is 5.77. The monoisotopic (exact) mass is 432 g/mol. The van der Waals surface area contributed by atoms with E-state index in [2.05, 4.69) is 0 Å². The molecule has 4 N–H and O–H groups in total. The molecule has 0 spiro atoms. The maximum Gasteiger partial charge on any atom is 0.163 e. The van der Waals surface area contributed by atoms with Crippen molar-refractivity contribution in [1.82, 2.24) is 0 Å². The molecule has 0 bridgehead atoms. The summed E-state index contributed by atoms with van der Waals surface area (Å²) in [5.41, 5.74) is 2.55. The normalized spacial score (nSPS) is 20.1. The highest BCUT2D eigenvalue weighted by atomic mass is 32.2. The second-order valence-electron chi connectivity index (χ2n) is 7.63. The summed E-state index contributed by atoms with van der Waals surface area (Å²) in [5, 5.41) is 40.4. The SMILES string of the molecule is CC/C(=C\c1ccc(O)c2ccccc12)CC[C@@H](O)C1=C(CO)CS(=O)(=O)[C@H]1CO. The first-order valence-corrected chi connectivity index (χ1v) is 11.8. The molecular weight excluding hydrogens is 404 g/mol. The smallest absolute Gasteiger partial charge is 0.163 e. The highest BCUT2D eigenvalue weighted by molar-refractivity contribution is 7.92. The van der Waals surface area contributed by atoms with Crippen LogP contribution < -0.4 is 0 Å². The molecule has 0 radical (unpaired) electrons. The molecule has 162 valence electrons. The Morgan fingerprint density at radius 2 is 1.87 bits per heavy atom. The average molecular weight is 433 g/mol. The van der Waals surface area contributed by atoms with Crippen molar-refractivity contribution in [3.8, 4) is 5.75 Å². The number of benzene rings is 2. The van der Waals surface area contributed by atoms with Crippen LogP contribution >= 0.6 is 0 Å². The number of aromatic hydroxyl groups is 1. The van der Waals surface area contributed by atoms with E-state index in [1.807, 2.05) is 43.3 Å². The second kappa shape index (κ2) is 9.31. The molecule has 6 nitrogen and oxygen atoms in total. The summed E-state index contributed by atoms with van der Waals surface area (Å²) < 4.78 is 24.4. The number of phenolic OH excluding ortho intramolecular Hbond substituents is 1. The van der Waals surface area contributed by atoms with Gasteiger partial charge in [-0.3, -0.25) is 0 Å². The number of fused-ring (bicyclic) bond motifs is 1. The minimum atomic E-state index is -3.60. The quantitative estimate of drug-likeness (QED) is 0.477. The van der Waals surface area contributed by atoms with Gasteiger partial charge in [-0.15, -0.1) is 0 Å². The molecule has 0 aliphatic carbocycles. The van der Waals surface area contributed by atoms with E-state index in [9.17, 15) is 28.8 Å². The van der Waals surface area contributed by atoms with Crippen LogP contribution in [0.3, 0.4) is 0 Å². The Morgan fingerprint density at radius 1 is 1.17 bits per heavy atom. The van der Waals surface area contributed by atoms with E-state index in [1.165, 1.54) is 0 Å². The van der Waals surface area contributed by atoms with Gasteiger partial charge in [-0.25, -0.2) is 8.42 Å². The molecule has 30 heavy (non-hydrogen) atoms. The number of phenols is 1. The van der Waals surface area contributed by atoms with Crippen LogP contribution in [-0.4, -0.2) is 59.2 Å². The van der Waals surface area contributed by atoms with Crippen LogP contribution in [0.25, 0.3) is 16.8 Å². The molecule has 0 saturated heterocycles. The molecule has 2 aromatic carbocycles. The summed E-state index contributed by atoms with van der Waals surface area (Å²) >= 11 is 0. The number of allylic oxidation sites excluding steroid dienone is 1. The topological polar surface area (TPSA) is 115 Å². The Bertz CT molecular complexity index is 1080. The highest BCUT2D eigenvalue weighted by Gasteiger charge is 2.40. The van der Waals surface area contributed by atoms with Gasteiger partial charge in [0.2, 0.25) is 0 Å². The fourth-order valence-electron chi connectivity index (χ4n) is 4.13. The number of aliphatic hydroxyl groups excluding tert-OH is 3. The largest absolute Gasteiger partial charge is 0.507 e. The standard InChI is InChI=1S/C23H28O6S/c1-2-15(11-16-8-10-20(26)19-6-4-3-5-18(16)19)7-9-21(27)23-17(12-24)14-30(28,29)22(23)13-25/h3-6,8,10-11,21-22,24-27H,2,7,9,12-14H2,1H3/b15-11+/t21-,22+/m1/s1. The van der Waals surface area contributed by atoms with E-state index in [1.54, 1.807) is 6.07 Å². The van der Waals surface area contributed by atoms with Gasteiger partial charge in [0, 0.05) is 5.39 Å². The van der Waals surface area contributed by atoms with Crippen molar-refractivity contribution in [1.29, 1.82) is 0 Å². The van der Waals surface area contributed by atoms with Crippen LogP contribution in [0.15, 0.2) is 53.1 Å². The lowest BCUT2D eigenvalue weighted by molar-refractivity contribution is 0.186. The lowest BCUT2D eigenvalue weighted by atomic mass is 9.93. The third kappa shape index (κ3) is 4.44. The van der Waals surface area contributed by atoms with Gasteiger partial charge >= 0.3 is 0 Å². The third-order valence-corrected chi connectivity index (χ3v) is 7.79. The predicted octanol–water partition coefficient (Wildman–Crippen LogP) is 2.56. The molecule has 0 amide bonds. The van der Waals surface area contributed by atoms with Gasteiger partial charge in [-0.2, -0.15) is 0 Å². The lowest BCUT2D eigenvalue weighted by Gasteiger charge is -2.19. The molecule has 0 saturated carbocycles. The van der Waals surface area contributed by atoms with E-state index in [4.69, 9.17) is 0 Å². The molecule has 0 aromatic heterocycles. The first-order chi connectivity index (χ1) is 14.3. The highest BCUT2D eigenvalue weighted by Crippen LogP contribution is 2.33. The molecule has 0 fully saturated rings. The zero-order valence-corrected chi connectivity index (χ0v) is 17.8. The van der Waals surface area contributed by atoms with Crippen LogP contribution in [-0.2, 0) is 9.84 Å². The molecule has 1 heterocycles. The summed E-state index contributed by atoms with van der Waals surface area (Å²) in [5.74, 6) is -0.103. The maximum absolute atomic E-state index is 12.2. The molecule has 3 rings (SSSR count). The van der Waals surface area contributed by atoms with Gasteiger partial charge < -0.3 is 20.4 Å². The van der Waals surface area contributed by atoms with Gasteiger partial charge in [0.15, 0.2) is 9.84 Å². The molecule has 7 heteroatoms. The number of aliphatic hydroxyl groups is 3. The Labute approximate surface area is 176 Å². The minimum Gasteiger partial charge on any atom is -0.507 e. The lowest BCUT2D eigenvalue weighted by Crippen LogP contribution is -2.29. The van der Waals surface area contributed by atoms with Crippen LogP contribution in [0.4, 0.5) is 0 Å². The van der Waals surface area contributed by atoms with Crippen LogP contribution in [0.2, 0.25) is 0 Å². The average Bonchev–Trinajstić information content (AvgIpc) is 3.02. The second-order valence-corrected chi connectivity index (χ2v) is 9.81. The van der Waals surface area contributed by atoms with Crippen molar-refractivity contribution in [2.24, 2.45) is 0 Å². The van der Waals surface area contributed by atoms with Gasteiger partial charge in [0.1, 0.15) is 11.0 Å². The molecule has 1 aliphatic rings. The van der Waals surface area contributed by atoms with E-state index >= 15 is 0 Å². The van der Waals surface area contributed by atoms with E-state index < -0.39 is 34.4 Å². The van der Waals surface area contributed by atoms with Crippen LogP contribution in [0.5, 0.6) is 5.75 Å². The van der Waals surface area contributed by atoms with E-state index in [0.717, 1.165) is 28.3 Å². The summed E-state index contributed by atoms with van der Waals surface area (Å²) in [6.07, 6.45) is 2.56. The van der Waals surface area contributed by atoms with Gasteiger partial charge in [-0.1, -0.05) is 48.9 Å².